The second kappa shape index (κ2) is 8.29. The quantitative estimate of drug-likeness (QED) is 0.664. The number of aromatic nitrogens is 3. The Balaban J connectivity index is 1.26. The molecule has 3 aromatic rings. The molecule has 30 heavy (non-hydrogen) atoms. The lowest BCUT2D eigenvalue weighted by Crippen LogP contribution is -2.24. The monoisotopic (exact) mass is 402 g/mol. The molecule has 2 aromatic carbocycles. The van der Waals surface area contributed by atoms with Gasteiger partial charge < -0.3 is 14.8 Å². The van der Waals surface area contributed by atoms with Crippen molar-refractivity contribution in [2.45, 2.75) is 25.9 Å². The smallest absolute Gasteiger partial charge is 0.274 e. The predicted octanol–water partition coefficient (Wildman–Crippen LogP) is 2.79. The van der Waals surface area contributed by atoms with Crippen LogP contribution in [-0.2, 0) is 6.42 Å². The van der Waals surface area contributed by atoms with Gasteiger partial charge in [-0.1, -0.05) is 42.2 Å². The van der Waals surface area contributed by atoms with E-state index in [0.29, 0.717) is 5.75 Å². The molecule has 0 atom stereocenters. The minimum absolute atomic E-state index is 0.191. The fourth-order valence-electron chi connectivity index (χ4n) is 3.20. The van der Waals surface area contributed by atoms with Crippen molar-refractivity contribution in [3.8, 4) is 29.0 Å². The zero-order valence-corrected chi connectivity index (χ0v) is 16.9. The third kappa shape index (κ3) is 4.44. The van der Waals surface area contributed by atoms with Crippen LogP contribution in [0.15, 0.2) is 54.7 Å². The average molecular weight is 402 g/mol. The van der Waals surface area contributed by atoms with Crippen molar-refractivity contribution in [2.24, 2.45) is 0 Å². The van der Waals surface area contributed by atoms with E-state index in [4.69, 9.17) is 9.47 Å². The van der Waals surface area contributed by atoms with Crippen molar-refractivity contribution in [1.29, 1.82) is 0 Å². The van der Waals surface area contributed by atoms with E-state index in [1.165, 1.54) is 11.0 Å². The normalized spacial score (nSPS) is 13.5. The fraction of sp³-hybridized carbons (Fsp3) is 0.261. The summed E-state index contributed by atoms with van der Waals surface area (Å²) < 4.78 is 11.7. The summed E-state index contributed by atoms with van der Waals surface area (Å²) in [6, 6.07) is 15.3. The number of para-hydroxylation sites is 2. The molecule has 0 unspecified atom stereocenters. The largest absolute Gasteiger partial charge is 0.483 e. The highest BCUT2D eigenvalue weighted by Crippen LogP contribution is 2.41. The van der Waals surface area contributed by atoms with Crippen LogP contribution in [0.3, 0.4) is 0 Å². The van der Waals surface area contributed by atoms with Crippen LogP contribution in [0.25, 0.3) is 5.69 Å². The summed E-state index contributed by atoms with van der Waals surface area (Å²) in [7, 11) is 0. The molecule has 0 saturated carbocycles. The van der Waals surface area contributed by atoms with Crippen molar-refractivity contribution in [1.82, 2.24) is 20.3 Å². The maximum atomic E-state index is 12.2. The first-order chi connectivity index (χ1) is 14.5. The Bertz CT molecular complexity index is 1110. The lowest BCUT2D eigenvalue weighted by atomic mass is 10.0. The van der Waals surface area contributed by atoms with Crippen LogP contribution >= 0.6 is 0 Å². The fourth-order valence-corrected chi connectivity index (χ4v) is 3.20. The number of fused-ring (bicyclic) bond motifs is 1. The average Bonchev–Trinajstić information content (AvgIpc) is 3.35. The van der Waals surface area contributed by atoms with Gasteiger partial charge >= 0.3 is 0 Å². The zero-order valence-electron chi connectivity index (χ0n) is 16.9. The molecule has 0 spiro atoms. The van der Waals surface area contributed by atoms with E-state index in [2.05, 4.69) is 41.2 Å². The van der Waals surface area contributed by atoms with Gasteiger partial charge in [0.05, 0.1) is 18.4 Å². The van der Waals surface area contributed by atoms with Crippen molar-refractivity contribution < 1.29 is 14.3 Å². The number of nitrogens with zero attached hydrogens (tertiary/aromatic N) is 3. The predicted molar refractivity (Wildman–Crippen MR) is 112 cm³/mol. The zero-order chi connectivity index (χ0) is 21.0. The third-order valence-electron chi connectivity index (χ3n) is 4.53. The molecule has 7 heteroatoms. The first-order valence-electron chi connectivity index (χ1n) is 9.67. The Morgan fingerprint density at radius 3 is 2.87 bits per heavy atom. The SMILES string of the molecule is CC1(C)Cc2cccc(OCC#CCNC(=O)c3cnn(-c4ccccc4)n3)c2O1. The van der Waals surface area contributed by atoms with E-state index in [1.54, 1.807) is 0 Å². The van der Waals surface area contributed by atoms with E-state index < -0.39 is 0 Å². The minimum Gasteiger partial charge on any atom is -0.483 e. The van der Waals surface area contributed by atoms with Gasteiger partial charge in [0.1, 0.15) is 12.2 Å². The summed E-state index contributed by atoms with van der Waals surface area (Å²) in [5.74, 6) is 6.93. The molecular formula is C23H22N4O3. The molecule has 0 saturated heterocycles. The van der Waals surface area contributed by atoms with E-state index in [9.17, 15) is 4.79 Å². The highest BCUT2D eigenvalue weighted by atomic mass is 16.5. The van der Waals surface area contributed by atoms with Crippen LogP contribution in [0.4, 0.5) is 0 Å². The van der Waals surface area contributed by atoms with Gasteiger partial charge in [-0.05, 0) is 32.0 Å². The molecule has 1 aromatic heterocycles. The van der Waals surface area contributed by atoms with Gasteiger partial charge in [-0.3, -0.25) is 4.79 Å². The molecule has 1 N–H and O–H groups in total. The second-order valence-electron chi connectivity index (χ2n) is 7.46. The standard InChI is InChI=1S/C23H22N4O3/c1-23(2)15-17-9-8-12-20(21(17)30-23)29-14-7-6-13-24-22(28)19-16-25-27(26-19)18-10-4-3-5-11-18/h3-5,8-12,16H,13-15H2,1-2H3,(H,24,28). The molecule has 0 radical (unpaired) electrons. The van der Waals surface area contributed by atoms with Crippen LogP contribution in [0.2, 0.25) is 0 Å². The number of amides is 1. The molecule has 0 bridgehead atoms. The number of nitrogens with one attached hydrogen (secondary N) is 1. The number of benzene rings is 2. The summed E-state index contributed by atoms with van der Waals surface area (Å²) >= 11 is 0. The molecule has 0 fully saturated rings. The lowest BCUT2D eigenvalue weighted by Gasteiger charge is -2.17. The summed E-state index contributed by atoms with van der Waals surface area (Å²) in [6.07, 6.45) is 2.28. The van der Waals surface area contributed by atoms with Gasteiger partial charge in [0.25, 0.3) is 5.91 Å². The van der Waals surface area contributed by atoms with Gasteiger partial charge in [-0.15, -0.1) is 5.10 Å². The maximum absolute atomic E-state index is 12.2. The summed E-state index contributed by atoms with van der Waals surface area (Å²) in [5.41, 5.74) is 1.94. The van der Waals surface area contributed by atoms with Crippen LogP contribution in [0.1, 0.15) is 29.9 Å². The van der Waals surface area contributed by atoms with E-state index in [0.717, 1.165) is 23.4 Å². The number of hydrogen-bond donors (Lipinski definition) is 1. The maximum Gasteiger partial charge on any atom is 0.274 e. The van der Waals surface area contributed by atoms with Gasteiger partial charge in [-0.25, -0.2) is 0 Å². The summed E-state index contributed by atoms with van der Waals surface area (Å²) in [4.78, 5) is 13.6. The van der Waals surface area contributed by atoms with Gasteiger partial charge in [0.2, 0.25) is 0 Å². The van der Waals surface area contributed by atoms with Crippen molar-refractivity contribution >= 4 is 5.91 Å². The summed E-state index contributed by atoms with van der Waals surface area (Å²) in [5, 5.41) is 11.0. The Morgan fingerprint density at radius 1 is 1.20 bits per heavy atom. The van der Waals surface area contributed by atoms with Crippen LogP contribution in [-0.4, -0.2) is 39.7 Å². The lowest BCUT2D eigenvalue weighted by molar-refractivity contribution is 0.0953. The third-order valence-corrected chi connectivity index (χ3v) is 4.53. The Kier molecular flexibility index (Phi) is 5.40. The molecule has 7 nitrogen and oxygen atoms in total. The second-order valence-corrected chi connectivity index (χ2v) is 7.46. The highest BCUT2D eigenvalue weighted by Gasteiger charge is 2.32. The van der Waals surface area contributed by atoms with Crippen LogP contribution in [0.5, 0.6) is 11.5 Å². The van der Waals surface area contributed by atoms with Crippen LogP contribution < -0.4 is 14.8 Å². The van der Waals surface area contributed by atoms with Gasteiger partial charge in [0.15, 0.2) is 17.2 Å². The van der Waals surface area contributed by atoms with Crippen molar-refractivity contribution in [2.75, 3.05) is 13.2 Å². The number of carbonyl (C=O) groups excluding carboxylic acids is 1. The number of rotatable bonds is 5. The first-order valence-corrected chi connectivity index (χ1v) is 9.67. The van der Waals surface area contributed by atoms with Gasteiger partial charge in [0, 0.05) is 12.0 Å². The first kappa shape index (κ1) is 19.5. The van der Waals surface area contributed by atoms with E-state index in [-0.39, 0.29) is 30.4 Å². The highest BCUT2D eigenvalue weighted by molar-refractivity contribution is 5.92. The van der Waals surface area contributed by atoms with Gasteiger partial charge in [-0.2, -0.15) is 9.90 Å². The van der Waals surface area contributed by atoms with E-state index in [1.807, 2.05) is 48.5 Å². The van der Waals surface area contributed by atoms with Crippen molar-refractivity contribution in [3.63, 3.8) is 0 Å². The molecule has 2 heterocycles. The minimum atomic E-state index is -0.330. The Morgan fingerprint density at radius 2 is 2.03 bits per heavy atom. The molecule has 152 valence electrons. The Labute approximate surface area is 175 Å². The molecule has 1 aliphatic rings. The molecule has 1 amide bonds. The number of hydrogen-bond acceptors (Lipinski definition) is 5. The topological polar surface area (TPSA) is 78.3 Å². The molecule has 4 rings (SSSR count). The number of ether oxygens (including phenoxy) is 2. The molecular weight excluding hydrogens is 380 g/mol. The number of carbonyl (C=O) groups is 1. The molecule has 0 aliphatic carbocycles. The molecule has 1 aliphatic heterocycles. The summed E-state index contributed by atoms with van der Waals surface area (Å²) in [6.45, 7) is 4.51. The van der Waals surface area contributed by atoms with Crippen LogP contribution in [0, 0.1) is 11.8 Å². The van der Waals surface area contributed by atoms with Crippen molar-refractivity contribution in [3.05, 3.63) is 66.0 Å². The Hall–Kier alpha value is -3.79. The van der Waals surface area contributed by atoms with E-state index >= 15 is 0 Å².